The van der Waals surface area contributed by atoms with Gasteiger partial charge in [-0.2, -0.15) is 0 Å². The lowest BCUT2D eigenvalue weighted by Gasteiger charge is -1.59. The highest BCUT2D eigenvalue weighted by Gasteiger charge is 1.65. The third-order valence-corrected chi connectivity index (χ3v) is 0. The Kier molecular flexibility index (Phi) is 18.7. The quantitative estimate of drug-likeness (QED) is 0.622. The highest BCUT2D eigenvalue weighted by atomic mass is 127. The zero-order valence-corrected chi connectivity index (χ0v) is 7.45. The van der Waals surface area contributed by atoms with E-state index in [4.69, 9.17) is 19.8 Å². The zero-order valence-electron chi connectivity index (χ0n) is 5.12. The van der Waals surface area contributed by atoms with Gasteiger partial charge < -0.3 is 10.2 Å². The molecule has 0 aliphatic heterocycles. The summed E-state index contributed by atoms with van der Waals surface area (Å²) in [6.45, 7) is 2.17. The fourth-order valence-electron chi connectivity index (χ4n) is 0. The molecule has 0 bridgehead atoms. The second-order valence-corrected chi connectivity index (χ2v) is 1.04. The van der Waals surface area contributed by atoms with Crippen LogP contribution in [0.3, 0.4) is 0 Å². The molecular weight excluding hydrogens is 239 g/mol. The van der Waals surface area contributed by atoms with Crippen LogP contribution < -0.4 is 0 Å². The Bertz CT molecular complexity index is 70.6. The second kappa shape index (κ2) is 10.6. The predicted molar refractivity (Wildman–Crippen MR) is 42.0 cm³/mol. The molecule has 0 atom stereocenters. The standard InChI is InChI=1S/2C2H4O2.HI/c2*1-2(3)4;/h2*1H3,(H,3,4);1H. The van der Waals surface area contributed by atoms with Gasteiger partial charge in [-0.05, 0) is 0 Å². The van der Waals surface area contributed by atoms with Gasteiger partial charge in [0.25, 0.3) is 11.9 Å². The van der Waals surface area contributed by atoms with Crippen LogP contribution in [0.1, 0.15) is 13.8 Å². The average Bonchev–Trinajstić information content (AvgIpc) is 1.25. The van der Waals surface area contributed by atoms with Crippen molar-refractivity contribution in [2.75, 3.05) is 0 Å². The summed E-state index contributed by atoms with van der Waals surface area (Å²) in [5, 5.41) is 14.8. The summed E-state index contributed by atoms with van der Waals surface area (Å²) in [7, 11) is 0. The molecule has 0 aromatic heterocycles. The summed E-state index contributed by atoms with van der Waals surface area (Å²) in [4.78, 5) is 18.0. The first-order valence-electron chi connectivity index (χ1n) is 1.86. The van der Waals surface area contributed by atoms with E-state index in [2.05, 4.69) is 0 Å². The number of hydrogen-bond acceptors (Lipinski definition) is 2. The lowest BCUT2D eigenvalue weighted by molar-refractivity contribution is -0.135. The predicted octanol–water partition coefficient (Wildman–Crippen LogP) is 0.800. The van der Waals surface area contributed by atoms with Gasteiger partial charge in [0.2, 0.25) is 0 Å². The van der Waals surface area contributed by atoms with E-state index in [9.17, 15) is 0 Å². The van der Waals surface area contributed by atoms with Crippen LogP contribution in [-0.2, 0) is 9.59 Å². The van der Waals surface area contributed by atoms with Crippen molar-refractivity contribution in [2.24, 2.45) is 0 Å². The molecule has 0 spiro atoms. The minimum absolute atomic E-state index is 0. The lowest BCUT2D eigenvalue weighted by atomic mass is 10.9. The highest BCUT2D eigenvalue weighted by Crippen LogP contribution is 1.42. The van der Waals surface area contributed by atoms with Crippen molar-refractivity contribution >= 4 is 35.9 Å². The molecule has 0 fully saturated rings. The lowest BCUT2D eigenvalue weighted by Crippen LogP contribution is -1.78. The van der Waals surface area contributed by atoms with Gasteiger partial charge in [0.05, 0.1) is 0 Å². The third kappa shape index (κ3) is 2260. The average molecular weight is 248 g/mol. The summed E-state index contributed by atoms with van der Waals surface area (Å²) in [5.74, 6) is -1.67. The Morgan fingerprint density at radius 3 is 1.00 bits per heavy atom. The minimum atomic E-state index is -0.833. The van der Waals surface area contributed by atoms with Crippen molar-refractivity contribution in [2.45, 2.75) is 13.8 Å². The number of carbonyl (C=O) groups is 2. The van der Waals surface area contributed by atoms with Crippen molar-refractivity contribution < 1.29 is 19.8 Å². The Labute approximate surface area is 69.9 Å². The van der Waals surface area contributed by atoms with Gasteiger partial charge in [0.15, 0.2) is 0 Å². The Morgan fingerprint density at radius 1 is 1.00 bits per heavy atom. The van der Waals surface area contributed by atoms with Gasteiger partial charge in [0, 0.05) is 13.8 Å². The maximum atomic E-state index is 9.00. The molecule has 0 aromatic carbocycles. The van der Waals surface area contributed by atoms with Crippen LogP contribution in [0.15, 0.2) is 0 Å². The molecule has 2 N–H and O–H groups in total. The second-order valence-electron chi connectivity index (χ2n) is 1.04. The molecule has 0 aliphatic carbocycles. The largest absolute Gasteiger partial charge is 0.481 e. The maximum absolute atomic E-state index is 9.00. The topological polar surface area (TPSA) is 74.6 Å². The molecule has 9 heavy (non-hydrogen) atoms. The van der Waals surface area contributed by atoms with Gasteiger partial charge >= 0.3 is 0 Å². The molecule has 56 valence electrons. The van der Waals surface area contributed by atoms with Crippen LogP contribution in [0, 0.1) is 0 Å². The van der Waals surface area contributed by atoms with Crippen LogP contribution in [0.4, 0.5) is 0 Å². The third-order valence-electron chi connectivity index (χ3n) is 0. The van der Waals surface area contributed by atoms with Gasteiger partial charge in [-0.3, -0.25) is 9.59 Å². The van der Waals surface area contributed by atoms with Crippen LogP contribution >= 0.6 is 24.0 Å². The molecule has 0 amide bonds. The fourth-order valence-corrected chi connectivity index (χ4v) is 0. The molecule has 0 aromatic rings. The maximum Gasteiger partial charge on any atom is 0.300 e. The van der Waals surface area contributed by atoms with E-state index >= 15 is 0 Å². The first-order chi connectivity index (χ1) is 3.46. The molecule has 0 rings (SSSR count). The molecule has 4 nitrogen and oxygen atoms in total. The first-order valence-corrected chi connectivity index (χ1v) is 1.86. The van der Waals surface area contributed by atoms with E-state index in [-0.39, 0.29) is 24.0 Å². The Balaban J connectivity index is -0.0000000720. The van der Waals surface area contributed by atoms with E-state index in [1.54, 1.807) is 0 Å². The molecule has 0 saturated carbocycles. The molecule has 0 heterocycles. The van der Waals surface area contributed by atoms with Crippen LogP contribution in [0.2, 0.25) is 0 Å². The van der Waals surface area contributed by atoms with Gasteiger partial charge in [0.1, 0.15) is 0 Å². The summed E-state index contributed by atoms with van der Waals surface area (Å²) < 4.78 is 0. The molecule has 0 unspecified atom stereocenters. The summed E-state index contributed by atoms with van der Waals surface area (Å²) in [6, 6.07) is 0. The van der Waals surface area contributed by atoms with Crippen molar-refractivity contribution in [1.82, 2.24) is 0 Å². The normalized spacial score (nSPS) is 5.56. The SMILES string of the molecule is CC(=O)O.CC(=O)O.I. The molecule has 5 heteroatoms. The number of carboxylic acids is 2. The summed E-state index contributed by atoms with van der Waals surface area (Å²) in [5.41, 5.74) is 0. The van der Waals surface area contributed by atoms with E-state index in [0.29, 0.717) is 0 Å². The molecule has 0 saturated heterocycles. The number of rotatable bonds is 0. The van der Waals surface area contributed by atoms with E-state index < -0.39 is 11.9 Å². The van der Waals surface area contributed by atoms with E-state index in [1.165, 1.54) is 0 Å². The number of carboxylic acid groups (broad SMARTS) is 2. The molecule has 0 radical (unpaired) electrons. The first kappa shape index (κ1) is 15.9. The van der Waals surface area contributed by atoms with Crippen LogP contribution in [0.5, 0.6) is 0 Å². The summed E-state index contributed by atoms with van der Waals surface area (Å²) in [6.07, 6.45) is 0. The zero-order chi connectivity index (χ0) is 7.15. The van der Waals surface area contributed by atoms with Crippen molar-refractivity contribution in [3.63, 3.8) is 0 Å². The van der Waals surface area contributed by atoms with Crippen molar-refractivity contribution in [3.8, 4) is 0 Å². The fraction of sp³-hybridized carbons (Fsp3) is 0.500. The highest BCUT2D eigenvalue weighted by molar-refractivity contribution is 14.0. The minimum Gasteiger partial charge on any atom is -0.481 e. The Hall–Kier alpha value is -0.330. The monoisotopic (exact) mass is 248 g/mol. The summed E-state index contributed by atoms with van der Waals surface area (Å²) >= 11 is 0. The van der Waals surface area contributed by atoms with Crippen LogP contribution in [-0.4, -0.2) is 22.2 Å². The van der Waals surface area contributed by atoms with Crippen molar-refractivity contribution in [3.05, 3.63) is 0 Å². The Morgan fingerprint density at radius 2 is 1.00 bits per heavy atom. The van der Waals surface area contributed by atoms with Gasteiger partial charge in [-0.1, -0.05) is 0 Å². The molecule has 0 aliphatic rings. The number of halogens is 1. The van der Waals surface area contributed by atoms with E-state index in [0.717, 1.165) is 13.8 Å². The van der Waals surface area contributed by atoms with Gasteiger partial charge in [-0.25, -0.2) is 0 Å². The number of hydrogen-bond donors (Lipinski definition) is 2. The molecular formula is C4H9IO4. The van der Waals surface area contributed by atoms with Crippen LogP contribution in [0.25, 0.3) is 0 Å². The van der Waals surface area contributed by atoms with Crippen molar-refractivity contribution in [1.29, 1.82) is 0 Å². The van der Waals surface area contributed by atoms with E-state index in [1.807, 2.05) is 0 Å². The van der Waals surface area contributed by atoms with Gasteiger partial charge in [-0.15, -0.1) is 24.0 Å². The number of aliphatic carboxylic acids is 2. The smallest absolute Gasteiger partial charge is 0.300 e.